The van der Waals surface area contributed by atoms with E-state index >= 15 is 0 Å². The molecule has 0 aromatic rings. The van der Waals surface area contributed by atoms with Gasteiger partial charge in [-0.2, -0.15) is 0 Å². The molecular weight excluding hydrogens is 230 g/mol. The Morgan fingerprint density at radius 3 is 2.71 bits per heavy atom. The summed E-state index contributed by atoms with van der Waals surface area (Å²) in [6.07, 6.45) is 0. The van der Waals surface area contributed by atoms with Gasteiger partial charge in [-0.3, -0.25) is 9.59 Å². The van der Waals surface area contributed by atoms with E-state index < -0.39 is 30.0 Å². The van der Waals surface area contributed by atoms with E-state index in [1.807, 2.05) is 0 Å². The molecule has 0 spiro atoms. The maximum Gasteiger partial charge on any atom is 0.325 e. The van der Waals surface area contributed by atoms with Crippen molar-refractivity contribution in [3.8, 4) is 0 Å². The molecule has 17 heavy (non-hydrogen) atoms. The van der Waals surface area contributed by atoms with Crippen molar-refractivity contribution >= 4 is 17.9 Å². The fourth-order valence-electron chi connectivity index (χ4n) is 1.41. The van der Waals surface area contributed by atoms with E-state index in [0.29, 0.717) is 6.61 Å². The average Bonchev–Trinajstić information content (AvgIpc) is 2.28. The first-order valence-electron chi connectivity index (χ1n) is 5.10. The zero-order chi connectivity index (χ0) is 13.0. The molecule has 0 aromatic carbocycles. The first-order chi connectivity index (χ1) is 7.93. The van der Waals surface area contributed by atoms with Crippen molar-refractivity contribution in [2.24, 2.45) is 5.73 Å². The predicted octanol–water partition coefficient (Wildman–Crippen LogP) is -1.64. The number of carboxylic acids is 1. The lowest BCUT2D eigenvalue weighted by molar-refractivity contribution is -0.138. The van der Waals surface area contributed by atoms with Gasteiger partial charge in [-0.1, -0.05) is 0 Å². The van der Waals surface area contributed by atoms with Crippen LogP contribution < -0.4 is 11.1 Å². The molecule has 4 N–H and O–H groups in total. The Bertz CT molecular complexity index is 333. The smallest absolute Gasteiger partial charge is 0.325 e. The minimum absolute atomic E-state index is 0.0320. The third-order valence-electron chi connectivity index (χ3n) is 2.43. The molecule has 0 radical (unpaired) electrons. The van der Waals surface area contributed by atoms with E-state index in [9.17, 15) is 14.4 Å². The van der Waals surface area contributed by atoms with E-state index in [0.717, 1.165) is 0 Å². The minimum Gasteiger partial charge on any atom is -0.480 e. The molecule has 8 nitrogen and oxygen atoms in total. The van der Waals surface area contributed by atoms with Crippen molar-refractivity contribution in [3.63, 3.8) is 0 Å². The highest BCUT2D eigenvalue weighted by Gasteiger charge is 2.32. The molecule has 1 aliphatic rings. The fraction of sp³-hybridized carbons (Fsp3) is 0.667. The summed E-state index contributed by atoms with van der Waals surface area (Å²) in [5, 5.41) is 10.9. The molecule has 1 rings (SSSR count). The second kappa shape index (κ2) is 5.48. The van der Waals surface area contributed by atoms with Gasteiger partial charge in [-0.15, -0.1) is 0 Å². The molecule has 0 saturated carbocycles. The topological polar surface area (TPSA) is 122 Å². The Kier molecular flexibility index (Phi) is 4.27. The summed E-state index contributed by atoms with van der Waals surface area (Å²) in [7, 11) is 0. The molecule has 96 valence electrons. The van der Waals surface area contributed by atoms with Gasteiger partial charge in [0.2, 0.25) is 5.91 Å². The molecule has 8 heteroatoms. The van der Waals surface area contributed by atoms with Crippen LogP contribution in [0.2, 0.25) is 0 Å². The molecule has 1 unspecified atom stereocenters. The van der Waals surface area contributed by atoms with Gasteiger partial charge in [-0.05, 0) is 6.92 Å². The normalized spacial score (nSPS) is 21.7. The molecule has 0 bridgehead atoms. The number of nitrogens with two attached hydrogens (primary N) is 1. The Balaban J connectivity index is 2.65. The summed E-state index contributed by atoms with van der Waals surface area (Å²) in [6.45, 7) is 1.86. The molecule has 1 saturated heterocycles. The van der Waals surface area contributed by atoms with Gasteiger partial charge < -0.3 is 25.8 Å². The Morgan fingerprint density at radius 2 is 2.18 bits per heavy atom. The highest BCUT2D eigenvalue weighted by atomic mass is 16.5. The van der Waals surface area contributed by atoms with E-state index in [1.165, 1.54) is 11.8 Å². The van der Waals surface area contributed by atoms with Gasteiger partial charge in [0.1, 0.15) is 12.1 Å². The number of hydrogen-bond acceptors (Lipinski definition) is 4. The van der Waals surface area contributed by atoms with Crippen LogP contribution in [0.25, 0.3) is 0 Å². The maximum absolute atomic E-state index is 11.7. The van der Waals surface area contributed by atoms with Gasteiger partial charge in [0.25, 0.3) is 0 Å². The molecular formula is C9H15N3O5. The summed E-state index contributed by atoms with van der Waals surface area (Å²) in [4.78, 5) is 34.6. The van der Waals surface area contributed by atoms with E-state index in [-0.39, 0.29) is 13.2 Å². The average molecular weight is 245 g/mol. The third-order valence-corrected chi connectivity index (χ3v) is 2.43. The van der Waals surface area contributed by atoms with Crippen LogP contribution in [0, 0.1) is 0 Å². The molecule has 1 fully saturated rings. The van der Waals surface area contributed by atoms with E-state index in [1.54, 1.807) is 0 Å². The van der Waals surface area contributed by atoms with Crippen molar-refractivity contribution in [2.45, 2.75) is 19.0 Å². The number of morpholine rings is 1. The van der Waals surface area contributed by atoms with Crippen molar-refractivity contribution in [3.05, 3.63) is 0 Å². The zero-order valence-corrected chi connectivity index (χ0v) is 9.38. The first kappa shape index (κ1) is 13.2. The largest absolute Gasteiger partial charge is 0.480 e. The summed E-state index contributed by atoms with van der Waals surface area (Å²) in [5.41, 5.74) is 5.13. The van der Waals surface area contributed by atoms with Crippen LogP contribution in [0.1, 0.15) is 6.92 Å². The number of rotatable bonds is 3. The lowest BCUT2D eigenvalue weighted by Crippen LogP contribution is -2.59. The zero-order valence-electron chi connectivity index (χ0n) is 9.38. The monoisotopic (exact) mass is 245 g/mol. The Morgan fingerprint density at radius 1 is 1.53 bits per heavy atom. The van der Waals surface area contributed by atoms with Crippen LogP contribution >= 0.6 is 0 Å². The molecule has 1 aliphatic heterocycles. The molecule has 1 heterocycles. The number of carbonyl (C=O) groups excluding carboxylic acids is 2. The van der Waals surface area contributed by atoms with Gasteiger partial charge in [0.15, 0.2) is 0 Å². The van der Waals surface area contributed by atoms with Crippen molar-refractivity contribution in [2.75, 3.05) is 19.8 Å². The Labute approximate surface area is 97.7 Å². The van der Waals surface area contributed by atoms with Gasteiger partial charge in [0, 0.05) is 6.54 Å². The lowest BCUT2D eigenvalue weighted by atomic mass is 10.2. The maximum atomic E-state index is 11.7. The summed E-state index contributed by atoms with van der Waals surface area (Å²) < 4.78 is 5.04. The number of urea groups is 1. The number of nitrogens with zero attached hydrogens (tertiary/aromatic N) is 1. The van der Waals surface area contributed by atoms with E-state index in [4.69, 9.17) is 15.6 Å². The lowest BCUT2D eigenvalue weighted by Gasteiger charge is -2.33. The van der Waals surface area contributed by atoms with Crippen LogP contribution in [0.4, 0.5) is 4.79 Å². The number of aliphatic carboxylic acids is 1. The first-order valence-corrected chi connectivity index (χ1v) is 5.10. The minimum atomic E-state index is -1.15. The fourth-order valence-corrected chi connectivity index (χ4v) is 1.41. The SMILES string of the molecule is C[C@@H](NC(=O)N1CCOCC1C(N)=O)C(=O)O. The van der Waals surface area contributed by atoms with Crippen molar-refractivity contribution < 1.29 is 24.2 Å². The standard InChI is InChI=1S/C9H15N3O5/c1-5(8(14)15)11-9(16)12-2-3-17-4-6(12)7(10)13/h5-6H,2-4H2,1H3,(H2,10,13)(H,11,16)(H,14,15)/t5-,6?/m1/s1. The number of amides is 3. The van der Waals surface area contributed by atoms with Gasteiger partial charge >= 0.3 is 12.0 Å². The predicted molar refractivity (Wildman–Crippen MR) is 56.1 cm³/mol. The molecule has 2 atom stereocenters. The van der Waals surface area contributed by atoms with Crippen molar-refractivity contribution in [1.29, 1.82) is 0 Å². The van der Waals surface area contributed by atoms with Crippen LogP contribution in [-0.4, -0.2) is 59.8 Å². The van der Waals surface area contributed by atoms with Crippen molar-refractivity contribution in [1.82, 2.24) is 10.2 Å². The number of primary amides is 1. The second-order valence-corrected chi connectivity index (χ2v) is 3.70. The summed E-state index contributed by atoms with van der Waals surface area (Å²) >= 11 is 0. The number of carbonyl (C=O) groups is 3. The van der Waals surface area contributed by atoms with E-state index in [2.05, 4.69) is 5.32 Å². The highest BCUT2D eigenvalue weighted by molar-refractivity contribution is 5.88. The molecule has 0 aromatic heterocycles. The third kappa shape index (κ3) is 3.31. The number of ether oxygens (including phenoxy) is 1. The summed E-state index contributed by atoms with van der Waals surface area (Å²) in [6, 6.07) is -2.52. The quantitative estimate of drug-likeness (QED) is 0.550. The highest BCUT2D eigenvalue weighted by Crippen LogP contribution is 2.07. The van der Waals surface area contributed by atoms with Gasteiger partial charge in [-0.25, -0.2) is 4.79 Å². The molecule has 0 aliphatic carbocycles. The number of carboxylic acid groups (broad SMARTS) is 1. The van der Waals surface area contributed by atoms with Crippen LogP contribution in [0.15, 0.2) is 0 Å². The number of nitrogens with one attached hydrogen (secondary N) is 1. The Hall–Kier alpha value is -1.83. The van der Waals surface area contributed by atoms with Gasteiger partial charge in [0.05, 0.1) is 13.2 Å². The second-order valence-electron chi connectivity index (χ2n) is 3.70. The number of hydrogen-bond donors (Lipinski definition) is 3. The molecule has 3 amide bonds. The van der Waals surface area contributed by atoms with Crippen LogP contribution in [0.5, 0.6) is 0 Å². The van der Waals surface area contributed by atoms with Crippen LogP contribution in [-0.2, 0) is 14.3 Å². The van der Waals surface area contributed by atoms with Crippen LogP contribution in [0.3, 0.4) is 0 Å². The summed E-state index contributed by atoms with van der Waals surface area (Å²) in [5.74, 6) is -1.83.